The number of rotatable bonds is 4. The summed E-state index contributed by atoms with van der Waals surface area (Å²) in [4.78, 5) is 0. The second-order valence-electron chi connectivity index (χ2n) is 4.39. The number of hydrogen-bond acceptors (Lipinski definition) is 2. The third kappa shape index (κ3) is 3.11. The normalized spacial score (nSPS) is 21.5. The van der Waals surface area contributed by atoms with Crippen molar-refractivity contribution in [3.63, 3.8) is 0 Å². The molecule has 1 fully saturated rings. The summed E-state index contributed by atoms with van der Waals surface area (Å²) in [7, 11) is 0. The van der Waals surface area contributed by atoms with Crippen molar-refractivity contribution in [1.29, 1.82) is 0 Å². The minimum atomic E-state index is -0.427. The van der Waals surface area contributed by atoms with Crippen molar-refractivity contribution >= 4 is 11.6 Å². The Morgan fingerprint density at radius 1 is 1.59 bits per heavy atom. The zero-order chi connectivity index (χ0) is 12.3. The first-order chi connectivity index (χ1) is 8.20. The van der Waals surface area contributed by atoms with Crippen molar-refractivity contribution in [2.75, 3.05) is 13.1 Å². The Morgan fingerprint density at radius 2 is 2.41 bits per heavy atom. The first-order valence-electron chi connectivity index (χ1n) is 6.03. The van der Waals surface area contributed by atoms with Crippen LogP contribution in [0.15, 0.2) is 18.2 Å². The Morgan fingerprint density at radius 3 is 3.00 bits per heavy atom. The molecule has 0 aromatic heterocycles. The number of nitrogens with one attached hydrogen (secondary N) is 1. The van der Waals surface area contributed by atoms with Gasteiger partial charge in [0.05, 0.1) is 5.02 Å². The van der Waals surface area contributed by atoms with E-state index in [1.54, 1.807) is 6.07 Å². The fourth-order valence-electron chi connectivity index (χ4n) is 2.23. The summed E-state index contributed by atoms with van der Waals surface area (Å²) in [5.41, 5.74) is 0. The van der Waals surface area contributed by atoms with E-state index in [1.807, 2.05) is 0 Å². The Labute approximate surface area is 106 Å². The molecular formula is C13H17ClFNO. The number of ether oxygens (including phenoxy) is 1. The van der Waals surface area contributed by atoms with Crippen LogP contribution < -0.4 is 10.1 Å². The van der Waals surface area contributed by atoms with E-state index in [9.17, 15) is 4.39 Å². The highest BCUT2D eigenvalue weighted by Gasteiger charge is 2.25. The molecule has 4 heteroatoms. The van der Waals surface area contributed by atoms with Gasteiger partial charge in [-0.1, -0.05) is 18.5 Å². The molecule has 0 radical (unpaired) electrons. The maximum absolute atomic E-state index is 13.3. The van der Waals surface area contributed by atoms with E-state index in [-0.39, 0.29) is 11.1 Å². The maximum Gasteiger partial charge on any atom is 0.145 e. The minimum Gasteiger partial charge on any atom is -0.490 e. The molecule has 0 saturated carbocycles. The Hall–Kier alpha value is -0.800. The predicted molar refractivity (Wildman–Crippen MR) is 67.1 cm³/mol. The lowest BCUT2D eigenvalue weighted by molar-refractivity contribution is 0.138. The minimum absolute atomic E-state index is 0.132. The van der Waals surface area contributed by atoms with Crippen LogP contribution in [-0.4, -0.2) is 19.2 Å². The van der Waals surface area contributed by atoms with Crippen molar-refractivity contribution in [3.8, 4) is 5.75 Å². The molecule has 2 rings (SSSR count). The Bertz CT molecular complexity index is 380. The SMILES string of the molecule is CC[C@@H](Oc1ccc(Cl)c(F)c1)[C@H]1CCNC1. The molecule has 0 unspecified atom stereocenters. The van der Waals surface area contributed by atoms with Gasteiger partial charge < -0.3 is 10.1 Å². The molecule has 17 heavy (non-hydrogen) atoms. The fraction of sp³-hybridized carbons (Fsp3) is 0.538. The van der Waals surface area contributed by atoms with Crippen molar-refractivity contribution in [2.45, 2.75) is 25.9 Å². The molecule has 0 amide bonds. The van der Waals surface area contributed by atoms with Crippen molar-refractivity contribution in [3.05, 3.63) is 29.0 Å². The summed E-state index contributed by atoms with van der Waals surface area (Å²) in [5, 5.41) is 3.45. The zero-order valence-electron chi connectivity index (χ0n) is 9.88. The molecule has 1 aromatic carbocycles. The highest BCUT2D eigenvalue weighted by molar-refractivity contribution is 6.30. The van der Waals surface area contributed by atoms with E-state index in [0.717, 1.165) is 25.9 Å². The van der Waals surface area contributed by atoms with Crippen LogP contribution in [0, 0.1) is 11.7 Å². The van der Waals surface area contributed by atoms with E-state index < -0.39 is 5.82 Å². The second-order valence-corrected chi connectivity index (χ2v) is 4.80. The summed E-state index contributed by atoms with van der Waals surface area (Å²) in [5.74, 6) is 0.646. The maximum atomic E-state index is 13.3. The van der Waals surface area contributed by atoms with Crippen LogP contribution in [-0.2, 0) is 0 Å². The van der Waals surface area contributed by atoms with Crippen LogP contribution in [0.5, 0.6) is 5.75 Å². The van der Waals surface area contributed by atoms with E-state index >= 15 is 0 Å². The molecule has 1 aliphatic rings. The van der Waals surface area contributed by atoms with Gasteiger partial charge in [-0.15, -0.1) is 0 Å². The fourth-order valence-corrected chi connectivity index (χ4v) is 2.35. The molecular weight excluding hydrogens is 241 g/mol. The van der Waals surface area contributed by atoms with Crippen LogP contribution in [0.1, 0.15) is 19.8 Å². The molecule has 1 heterocycles. The van der Waals surface area contributed by atoms with Gasteiger partial charge >= 0.3 is 0 Å². The van der Waals surface area contributed by atoms with Gasteiger partial charge in [-0.2, -0.15) is 0 Å². The second kappa shape index (κ2) is 5.69. The standard InChI is InChI=1S/C13H17ClFNO/c1-2-13(9-5-6-16-8-9)17-10-3-4-11(14)12(15)7-10/h3-4,7,9,13,16H,2,5-6,8H2,1H3/t9-,13+/m0/s1. The summed E-state index contributed by atoms with van der Waals surface area (Å²) < 4.78 is 19.1. The Kier molecular flexibility index (Phi) is 4.24. The smallest absolute Gasteiger partial charge is 0.145 e. The number of benzene rings is 1. The summed E-state index contributed by atoms with van der Waals surface area (Å²) in [6, 6.07) is 4.61. The van der Waals surface area contributed by atoms with E-state index in [1.165, 1.54) is 12.1 Å². The Balaban J connectivity index is 2.04. The first kappa shape index (κ1) is 12.7. The van der Waals surface area contributed by atoms with Crippen molar-refractivity contribution in [1.82, 2.24) is 5.32 Å². The molecule has 1 aliphatic heterocycles. The average Bonchev–Trinajstić information content (AvgIpc) is 2.84. The molecule has 2 nitrogen and oxygen atoms in total. The molecule has 2 atom stereocenters. The van der Waals surface area contributed by atoms with Crippen molar-refractivity contribution in [2.24, 2.45) is 5.92 Å². The largest absolute Gasteiger partial charge is 0.490 e. The van der Waals surface area contributed by atoms with Crippen molar-refractivity contribution < 1.29 is 9.13 Å². The molecule has 1 saturated heterocycles. The quantitative estimate of drug-likeness (QED) is 0.894. The number of hydrogen-bond donors (Lipinski definition) is 1. The number of halogens is 2. The lowest BCUT2D eigenvalue weighted by Gasteiger charge is -2.23. The van der Waals surface area contributed by atoms with Gasteiger partial charge in [0, 0.05) is 18.5 Å². The molecule has 1 aromatic rings. The average molecular weight is 258 g/mol. The van der Waals surface area contributed by atoms with Gasteiger partial charge in [0.2, 0.25) is 0 Å². The third-order valence-corrected chi connectivity index (χ3v) is 3.51. The molecule has 94 valence electrons. The highest BCUT2D eigenvalue weighted by Crippen LogP contribution is 2.25. The van der Waals surface area contributed by atoms with E-state index in [4.69, 9.17) is 16.3 Å². The van der Waals surface area contributed by atoms with Crippen LogP contribution in [0.3, 0.4) is 0 Å². The van der Waals surface area contributed by atoms with Crippen LogP contribution in [0.2, 0.25) is 5.02 Å². The van der Waals surface area contributed by atoms with Gasteiger partial charge in [-0.3, -0.25) is 0 Å². The van der Waals surface area contributed by atoms with Gasteiger partial charge in [0.15, 0.2) is 0 Å². The zero-order valence-corrected chi connectivity index (χ0v) is 10.6. The van der Waals surface area contributed by atoms with Gasteiger partial charge in [-0.25, -0.2) is 4.39 Å². The van der Waals surface area contributed by atoms with Crippen LogP contribution in [0.4, 0.5) is 4.39 Å². The molecule has 0 aliphatic carbocycles. The highest BCUT2D eigenvalue weighted by atomic mass is 35.5. The predicted octanol–water partition coefficient (Wildman–Crippen LogP) is 3.25. The third-order valence-electron chi connectivity index (χ3n) is 3.21. The molecule has 1 N–H and O–H groups in total. The van der Waals surface area contributed by atoms with E-state index in [0.29, 0.717) is 11.7 Å². The molecule has 0 spiro atoms. The topological polar surface area (TPSA) is 21.3 Å². The van der Waals surface area contributed by atoms with Gasteiger partial charge in [-0.05, 0) is 31.5 Å². The van der Waals surface area contributed by atoms with E-state index in [2.05, 4.69) is 12.2 Å². The summed E-state index contributed by atoms with van der Waals surface area (Å²) in [6.45, 7) is 4.11. The first-order valence-corrected chi connectivity index (χ1v) is 6.41. The summed E-state index contributed by atoms with van der Waals surface area (Å²) in [6.07, 6.45) is 2.19. The lowest BCUT2D eigenvalue weighted by Crippen LogP contribution is -2.28. The monoisotopic (exact) mass is 257 g/mol. The van der Waals surface area contributed by atoms with Crippen LogP contribution >= 0.6 is 11.6 Å². The van der Waals surface area contributed by atoms with Crippen LogP contribution in [0.25, 0.3) is 0 Å². The summed E-state index contributed by atoms with van der Waals surface area (Å²) >= 11 is 5.64. The van der Waals surface area contributed by atoms with Gasteiger partial charge in [0.25, 0.3) is 0 Å². The molecule has 0 bridgehead atoms. The lowest BCUT2D eigenvalue weighted by atomic mass is 9.99. The van der Waals surface area contributed by atoms with Gasteiger partial charge in [0.1, 0.15) is 17.7 Å².